The maximum Gasteiger partial charge on any atom is 0.344 e. The molecule has 31 heavy (non-hydrogen) atoms. The Kier molecular flexibility index (Phi) is 5.84. The highest BCUT2D eigenvalue weighted by Gasteiger charge is 2.27. The van der Waals surface area contributed by atoms with E-state index in [4.69, 9.17) is 9.47 Å². The molecular weight excluding hydrogens is 413 g/mol. The number of carbonyl (C=O) groups excluding carboxylic acids is 1. The summed E-state index contributed by atoms with van der Waals surface area (Å²) in [6, 6.07) is 8.48. The third-order valence-corrected chi connectivity index (χ3v) is 6.53. The second-order valence-corrected chi connectivity index (χ2v) is 9.45. The number of methoxy groups -OCH3 is 1. The molecule has 0 spiro atoms. The number of esters is 1. The number of ether oxygens (including phenoxy) is 2. The van der Waals surface area contributed by atoms with Gasteiger partial charge in [-0.2, -0.15) is 0 Å². The lowest BCUT2D eigenvalue weighted by Gasteiger charge is -2.33. The van der Waals surface area contributed by atoms with Crippen LogP contribution < -0.4 is 10.1 Å². The lowest BCUT2D eigenvalue weighted by Crippen LogP contribution is -2.32. The van der Waals surface area contributed by atoms with Gasteiger partial charge < -0.3 is 14.8 Å². The van der Waals surface area contributed by atoms with Gasteiger partial charge in [-0.05, 0) is 56.5 Å². The number of fused-ring (bicyclic) bond motifs is 1. The molecule has 0 aliphatic carbocycles. The van der Waals surface area contributed by atoms with Gasteiger partial charge in [0.15, 0.2) is 0 Å². The number of hydrogen-bond acceptors (Lipinski definition) is 5. The van der Waals surface area contributed by atoms with Crippen molar-refractivity contribution >= 4 is 29.0 Å². The average Bonchev–Trinajstić information content (AvgIpc) is 3.25. The number of halogens is 1. The average molecular weight is 440 g/mol. The molecule has 2 aromatic carbocycles. The molecule has 2 heterocycles. The molecular formula is C25H26FNO3S. The predicted octanol–water partition coefficient (Wildman–Crippen LogP) is 6.17. The van der Waals surface area contributed by atoms with Gasteiger partial charge in [0, 0.05) is 34.2 Å². The third-order valence-electron chi connectivity index (χ3n) is 5.45. The van der Waals surface area contributed by atoms with Crippen LogP contribution in [0, 0.1) is 5.82 Å². The number of thioether (sulfide) groups is 1. The van der Waals surface area contributed by atoms with E-state index in [0.29, 0.717) is 10.7 Å². The molecule has 2 aliphatic rings. The van der Waals surface area contributed by atoms with Crippen LogP contribution in [0.4, 0.5) is 10.1 Å². The lowest BCUT2D eigenvalue weighted by atomic mass is 9.85. The van der Waals surface area contributed by atoms with E-state index in [2.05, 4.69) is 32.2 Å². The van der Waals surface area contributed by atoms with E-state index in [1.807, 2.05) is 18.2 Å². The zero-order valence-electron chi connectivity index (χ0n) is 18.2. The van der Waals surface area contributed by atoms with Gasteiger partial charge in [0.25, 0.3) is 0 Å². The molecule has 0 unspecified atom stereocenters. The van der Waals surface area contributed by atoms with Crippen LogP contribution in [0.25, 0.3) is 16.7 Å². The normalized spacial score (nSPS) is 16.7. The van der Waals surface area contributed by atoms with Crippen molar-refractivity contribution in [3.05, 3.63) is 64.3 Å². The molecule has 2 aliphatic heterocycles. The molecule has 0 fully saturated rings. The van der Waals surface area contributed by atoms with Crippen LogP contribution in [-0.4, -0.2) is 24.4 Å². The van der Waals surface area contributed by atoms with Gasteiger partial charge in [-0.25, -0.2) is 9.18 Å². The number of benzene rings is 2. The van der Waals surface area contributed by atoms with Gasteiger partial charge in [0.1, 0.15) is 18.2 Å². The van der Waals surface area contributed by atoms with Crippen molar-refractivity contribution in [1.29, 1.82) is 0 Å². The van der Waals surface area contributed by atoms with Gasteiger partial charge in [-0.3, -0.25) is 0 Å². The fourth-order valence-electron chi connectivity index (χ4n) is 4.26. The third kappa shape index (κ3) is 4.35. The molecule has 0 atom stereocenters. The van der Waals surface area contributed by atoms with E-state index < -0.39 is 0 Å². The Hall–Kier alpha value is -2.73. The van der Waals surface area contributed by atoms with E-state index in [-0.39, 0.29) is 23.9 Å². The lowest BCUT2D eigenvalue weighted by molar-refractivity contribution is -0.139. The summed E-state index contributed by atoms with van der Waals surface area (Å²) in [4.78, 5) is 13.2. The van der Waals surface area contributed by atoms with Crippen LogP contribution in [-0.2, 0) is 16.1 Å². The summed E-state index contributed by atoms with van der Waals surface area (Å²) in [5, 5.41) is 3.54. The number of nitrogens with one attached hydrogen (secondary N) is 1. The first-order chi connectivity index (χ1) is 14.8. The smallest absolute Gasteiger partial charge is 0.344 e. The molecule has 0 bridgehead atoms. The van der Waals surface area contributed by atoms with Crippen molar-refractivity contribution in [1.82, 2.24) is 0 Å². The van der Waals surface area contributed by atoms with Crippen molar-refractivity contribution in [2.75, 3.05) is 18.2 Å². The van der Waals surface area contributed by atoms with Crippen molar-refractivity contribution in [3.63, 3.8) is 0 Å². The van der Waals surface area contributed by atoms with Crippen LogP contribution in [0.5, 0.6) is 5.75 Å². The molecule has 4 rings (SSSR count). The molecule has 4 nitrogen and oxygen atoms in total. The Balaban J connectivity index is 1.82. The molecule has 0 amide bonds. The highest BCUT2D eigenvalue weighted by molar-refractivity contribution is 8.04. The molecule has 0 saturated heterocycles. The summed E-state index contributed by atoms with van der Waals surface area (Å²) in [5.41, 5.74) is 5.37. The molecule has 0 saturated carbocycles. The standard InChI is InChI=1S/C25H26FNO3S/c1-15-13-25(2,3)27-20-10-9-17(18-8-7-16(26)12-21(18)29-4)19(23(15)20)14-30-24(28)22-6-5-11-31-22/h6-10,12-13,27H,5,11,14H2,1-4H3. The van der Waals surface area contributed by atoms with Gasteiger partial charge in [0.05, 0.1) is 17.6 Å². The summed E-state index contributed by atoms with van der Waals surface area (Å²) in [7, 11) is 1.52. The molecule has 0 radical (unpaired) electrons. The van der Waals surface area contributed by atoms with E-state index >= 15 is 0 Å². The quantitative estimate of drug-likeness (QED) is 0.564. The Bertz CT molecular complexity index is 1100. The zero-order valence-corrected chi connectivity index (χ0v) is 19.0. The van der Waals surface area contributed by atoms with Crippen molar-refractivity contribution in [2.45, 2.75) is 39.3 Å². The topological polar surface area (TPSA) is 47.6 Å². The van der Waals surface area contributed by atoms with Crippen LogP contribution in [0.15, 0.2) is 47.4 Å². The summed E-state index contributed by atoms with van der Waals surface area (Å²) < 4.78 is 25.0. The Morgan fingerprint density at radius 3 is 2.71 bits per heavy atom. The zero-order chi connectivity index (χ0) is 22.2. The summed E-state index contributed by atoms with van der Waals surface area (Å²) in [6.07, 6.45) is 4.98. The van der Waals surface area contributed by atoms with E-state index in [1.54, 1.807) is 6.07 Å². The highest BCUT2D eigenvalue weighted by atomic mass is 32.2. The Labute approximate surface area is 186 Å². The van der Waals surface area contributed by atoms with Gasteiger partial charge >= 0.3 is 5.97 Å². The van der Waals surface area contributed by atoms with Gasteiger partial charge in [-0.15, -0.1) is 11.8 Å². The number of hydrogen-bond donors (Lipinski definition) is 1. The van der Waals surface area contributed by atoms with E-state index in [0.717, 1.165) is 45.7 Å². The fraction of sp³-hybridized carbons (Fsp3) is 0.320. The number of rotatable bonds is 5. The Morgan fingerprint density at radius 2 is 2.00 bits per heavy atom. The number of anilines is 1. The van der Waals surface area contributed by atoms with Crippen molar-refractivity contribution in [2.24, 2.45) is 0 Å². The minimum atomic E-state index is -0.365. The SMILES string of the molecule is COc1cc(F)ccc1-c1ccc2c(c1COC(=O)C1=CCCS1)C(C)=CC(C)(C)N2. The number of allylic oxidation sites excluding steroid dienone is 2. The van der Waals surface area contributed by atoms with Crippen LogP contribution in [0.3, 0.4) is 0 Å². The summed E-state index contributed by atoms with van der Waals surface area (Å²) in [5.74, 6) is 0.677. The van der Waals surface area contributed by atoms with E-state index in [9.17, 15) is 9.18 Å². The molecule has 2 aromatic rings. The minimum Gasteiger partial charge on any atom is -0.496 e. The molecule has 6 heteroatoms. The molecule has 162 valence electrons. The first-order valence-corrected chi connectivity index (χ1v) is 11.3. The second-order valence-electron chi connectivity index (χ2n) is 8.31. The monoisotopic (exact) mass is 439 g/mol. The van der Waals surface area contributed by atoms with Crippen LogP contribution >= 0.6 is 11.8 Å². The Morgan fingerprint density at radius 1 is 1.23 bits per heavy atom. The summed E-state index contributed by atoms with van der Waals surface area (Å²) >= 11 is 1.52. The van der Waals surface area contributed by atoms with Gasteiger partial charge in [0.2, 0.25) is 0 Å². The second kappa shape index (κ2) is 8.42. The fourth-order valence-corrected chi connectivity index (χ4v) is 5.13. The van der Waals surface area contributed by atoms with Gasteiger partial charge in [-0.1, -0.05) is 18.2 Å². The first kappa shape index (κ1) is 21.5. The molecule has 0 aromatic heterocycles. The summed E-state index contributed by atoms with van der Waals surface area (Å²) in [6.45, 7) is 6.40. The largest absolute Gasteiger partial charge is 0.496 e. The predicted molar refractivity (Wildman–Crippen MR) is 125 cm³/mol. The van der Waals surface area contributed by atoms with E-state index in [1.165, 1.54) is 31.0 Å². The highest BCUT2D eigenvalue weighted by Crippen LogP contribution is 2.43. The molecule has 1 N–H and O–H groups in total. The number of carbonyl (C=O) groups is 1. The first-order valence-electron chi connectivity index (χ1n) is 10.3. The van der Waals surface area contributed by atoms with Crippen LogP contribution in [0.1, 0.15) is 38.3 Å². The maximum absolute atomic E-state index is 13.8. The minimum absolute atomic E-state index is 0.114. The van der Waals surface area contributed by atoms with Crippen molar-refractivity contribution in [3.8, 4) is 16.9 Å². The van der Waals surface area contributed by atoms with Crippen LogP contribution in [0.2, 0.25) is 0 Å². The maximum atomic E-state index is 13.8. The van der Waals surface area contributed by atoms with Crippen molar-refractivity contribution < 1.29 is 18.7 Å².